The Bertz CT molecular complexity index is 904. The number of carbonyl (C=O) groups excluding carboxylic acids is 1. The molecule has 0 unspecified atom stereocenters. The highest BCUT2D eigenvalue weighted by Crippen LogP contribution is 2.20. The number of nitrogens with one attached hydrogen (secondary N) is 1. The van der Waals surface area contributed by atoms with Gasteiger partial charge in [-0.3, -0.25) is 9.48 Å². The summed E-state index contributed by atoms with van der Waals surface area (Å²) >= 11 is 0. The number of nitrogen functional groups attached to an aromatic ring is 1. The molecule has 0 atom stereocenters. The van der Waals surface area contributed by atoms with Crippen molar-refractivity contribution in [2.75, 3.05) is 11.1 Å². The number of hydrogen-bond donors (Lipinski definition) is 2. The van der Waals surface area contributed by atoms with E-state index in [9.17, 15) is 4.79 Å². The highest BCUT2D eigenvalue weighted by Gasteiger charge is 2.13. The van der Waals surface area contributed by atoms with Crippen LogP contribution < -0.4 is 11.1 Å². The van der Waals surface area contributed by atoms with E-state index >= 15 is 0 Å². The molecule has 0 spiro atoms. The van der Waals surface area contributed by atoms with Gasteiger partial charge in [-0.05, 0) is 61.1 Å². The molecular weight excluding hydrogens is 324 g/mol. The van der Waals surface area contributed by atoms with Gasteiger partial charge in [0.15, 0.2) is 0 Å². The smallest absolute Gasteiger partial charge is 0.255 e. The van der Waals surface area contributed by atoms with E-state index in [0.717, 1.165) is 24.9 Å². The predicted molar refractivity (Wildman–Crippen MR) is 103 cm³/mol. The van der Waals surface area contributed by atoms with Crippen LogP contribution in [0.1, 0.15) is 40.0 Å². The second-order valence-electron chi connectivity index (χ2n) is 6.74. The fourth-order valence-electron chi connectivity index (χ4n) is 3.36. The van der Waals surface area contributed by atoms with Gasteiger partial charge < -0.3 is 11.1 Å². The predicted octanol–water partition coefficient (Wildman–Crippen LogP) is 3.64. The van der Waals surface area contributed by atoms with Crippen LogP contribution in [0.5, 0.6) is 0 Å². The topological polar surface area (TPSA) is 72.9 Å². The van der Waals surface area contributed by atoms with Gasteiger partial charge in [-0.2, -0.15) is 5.10 Å². The lowest BCUT2D eigenvalue weighted by Gasteiger charge is -2.08. The number of amides is 1. The molecule has 0 saturated heterocycles. The van der Waals surface area contributed by atoms with Crippen LogP contribution in [0.2, 0.25) is 0 Å². The number of rotatable bonds is 4. The lowest BCUT2D eigenvalue weighted by Crippen LogP contribution is -2.13. The molecule has 132 valence electrons. The van der Waals surface area contributed by atoms with Crippen molar-refractivity contribution in [3.05, 3.63) is 77.1 Å². The van der Waals surface area contributed by atoms with Crippen molar-refractivity contribution < 1.29 is 4.79 Å². The van der Waals surface area contributed by atoms with Crippen LogP contribution in [0.3, 0.4) is 0 Å². The van der Waals surface area contributed by atoms with Crippen LogP contribution in [0, 0.1) is 0 Å². The number of para-hydroxylation sites is 2. The van der Waals surface area contributed by atoms with E-state index in [4.69, 9.17) is 10.8 Å². The Labute approximate surface area is 152 Å². The first-order valence-corrected chi connectivity index (χ1v) is 8.99. The number of fused-ring (bicyclic) bond motifs is 1. The maximum absolute atomic E-state index is 12.4. The number of aromatic nitrogens is 2. The van der Waals surface area contributed by atoms with E-state index in [1.165, 1.54) is 24.1 Å². The van der Waals surface area contributed by atoms with Crippen molar-refractivity contribution in [1.82, 2.24) is 9.78 Å². The third-order valence-electron chi connectivity index (χ3n) is 4.80. The van der Waals surface area contributed by atoms with Gasteiger partial charge in [0.1, 0.15) is 0 Å². The maximum atomic E-state index is 12.4. The van der Waals surface area contributed by atoms with Crippen LogP contribution in [0.25, 0.3) is 0 Å². The average molecular weight is 346 g/mol. The van der Waals surface area contributed by atoms with E-state index < -0.39 is 0 Å². The van der Waals surface area contributed by atoms with Crippen molar-refractivity contribution in [2.24, 2.45) is 0 Å². The van der Waals surface area contributed by atoms with E-state index in [1.807, 2.05) is 41.1 Å². The van der Waals surface area contributed by atoms with Gasteiger partial charge in [0, 0.05) is 11.8 Å². The molecule has 1 aliphatic rings. The number of carbonyl (C=O) groups is 1. The molecule has 0 aliphatic heterocycles. The molecule has 0 saturated carbocycles. The van der Waals surface area contributed by atoms with Gasteiger partial charge in [0.2, 0.25) is 0 Å². The zero-order chi connectivity index (χ0) is 17.9. The summed E-state index contributed by atoms with van der Waals surface area (Å²) < 4.78 is 2.01. The van der Waals surface area contributed by atoms with Crippen molar-refractivity contribution in [1.29, 1.82) is 0 Å². The third-order valence-corrected chi connectivity index (χ3v) is 4.80. The molecule has 1 amide bonds. The number of anilines is 2. The summed E-state index contributed by atoms with van der Waals surface area (Å²) in [5.41, 5.74) is 11.4. The highest BCUT2D eigenvalue weighted by atomic mass is 16.1. The highest BCUT2D eigenvalue weighted by molar-refractivity contribution is 6.05. The molecule has 0 bridgehead atoms. The Kier molecular flexibility index (Phi) is 4.44. The van der Waals surface area contributed by atoms with Gasteiger partial charge in [-0.1, -0.05) is 24.3 Å². The third kappa shape index (κ3) is 3.47. The van der Waals surface area contributed by atoms with Crippen molar-refractivity contribution in [2.45, 2.75) is 32.2 Å². The van der Waals surface area contributed by atoms with Crippen molar-refractivity contribution >= 4 is 17.3 Å². The van der Waals surface area contributed by atoms with E-state index in [1.54, 1.807) is 12.1 Å². The lowest BCUT2D eigenvalue weighted by molar-refractivity contribution is 0.102. The molecule has 3 aromatic rings. The summed E-state index contributed by atoms with van der Waals surface area (Å²) in [6.07, 6.45) is 6.88. The largest absolute Gasteiger partial charge is 0.397 e. The standard InChI is InChI=1S/C21H22N4O/c22-18-6-2-4-8-20(18)23-21(26)16-11-9-15(10-12-16)13-25-14-17-5-1-3-7-19(17)24-25/h2,4,6,8-12,14H,1,3,5,7,13,22H2,(H,23,26). The Morgan fingerprint density at radius 2 is 1.85 bits per heavy atom. The van der Waals surface area contributed by atoms with Gasteiger partial charge in [0.05, 0.1) is 23.6 Å². The minimum Gasteiger partial charge on any atom is -0.397 e. The van der Waals surface area contributed by atoms with Gasteiger partial charge in [0.25, 0.3) is 5.91 Å². The Balaban J connectivity index is 1.44. The summed E-state index contributed by atoms with van der Waals surface area (Å²) in [5, 5.41) is 7.54. The Hall–Kier alpha value is -3.08. The number of nitrogens with zero attached hydrogens (tertiary/aromatic N) is 2. The van der Waals surface area contributed by atoms with E-state index in [-0.39, 0.29) is 5.91 Å². The van der Waals surface area contributed by atoms with Crippen LogP contribution >= 0.6 is 0 Å². The van der Waals surface area contributed by atoms with Gasteiger partial charge >= 0.3 is 0 Å². The molecule has 0 fully saturated rings. The summed E-state index contributed by atoms with van der Waals surface area (Å²) in [5.74, 6) is -0.163. The van der Waals surface area contributed by atoms with Crippen LogP contribution in [0.15, 0.2) is 54.7 Å². The average Bonchev–Trinajstić information content (AvgIpc) is 3.06. The van der Waals surface area contributed by atoms with Crippen LogP contribution in [-0.2, 0) is 19.4 Å². The molecular formula is C21H22N4O. The van der Waals surface area contributed by atoms with E-state index in [0.29, 0.717) is 16.9 Å². The second kappa shape index (κ2) is 7.04. The first-order valence-electron chi connectivity index (χ1n) is 8.99. The lowest BCUT2D eigenvalue weighted by atomic mass is 9.99. The molecule has 0 radical (unpaired) electrons. The molecule has 1 aliphatic carbocycles. The number of benzene rings is 2. The van der Waals surface area contributed by atoms with Crippen LogP contribution in [-0.4, -0.2) is 15.7 Å². The quantitative estimate of drug-likeness (QED) is 0.708. The Morgan fingerprint density at radius 1 is 1.08 bits per heavy atom. The molecule has 2 aromatic carbocycles. The monoisotopic (exact) mass is 346 g/mol. The minimum absolute atomic E-state index is 0.163. The molecule has 5 nitrogen and oxygen atoms in total. The second-order valence-corrected chi connectivity index (χ2v) is 6.74. The summed E-state index contributed by atoms with van der Waals surface area (Å²) in [6, 6.07) is 14.9. The molecule has 1 aromatic heterocycles. The fourth-order valence-corrected chi connectivity index (χ4v) is 3.36. The zero-order valence-electron chi connectivity index (χ0n) is 14.6. The normalized spacial score (nSPS) is 13.2. The number of hydrogen-bond acceptors (Lipinski definition) is 3. The van der Waals surface area contributed by atoms with Crippen molar-refractivity contribution in [3.63, 3.8) is 0 Å². The molecule has 1 heterocycles. The molecule has 26 heavy (non-hydrogen) atoms. The van der Waals surface area contributed by atoms with Gasteiger partial charge in [-0.25, -0.2) is 0 Å². The Morgan fingerprint density at radius 3 is 2.62 bits per heavy atom. The van der Waals surface area contributed by atoms with Crippen molar-refractivity contribution in [3.8, 4) is 0 Å². The fraction of sp³-hybridized carbons (Fsp3) is 0.238. The summed E-state index contributed by atoms with van der Waals surface area (Å²) in [4.78, 5) is 12.4. The van der Waals surface area contributed by atoms with E-state index in [2.05, 4.69) is 11.5 Å². The van der Waals surface area contributed by atoms with Crippen LogP contribution in [0.4, 0.5) is 11.4 Å². The SMILES string of the molecule is Nc1ccccc1NC(=O)c1ccc(Cn2cc3c(n2)CCCC3)cc1. The molecule has 4 rings (SSSR count). The first kappa shape index (κ1) is 16.4. The van der Waals surface area contributed by atoms with Gasteiger partial charge in [-0.15, -0.1) is 0 Å². The summed E-state index contributed by atoms with van der Waals surface area (Å²) in [6.45, 7) is 0.723. The molecule has 5 heteroatoms. The summed E-state index contributed by atoms with van der Waals surface area (Å²) in [7, 11) is 0. The number of nitrogens with two attached hydrogens (primary N) is 1. The molecule has 3 N–H and O–H groups in total. The minimum atomic E-state index is -0.163. The first-order chi connectivity index (χ1) is 12.7. The maximum Gasteiger partial charge on any atom is 0.255 e. The number of aryl methyl sites for hydroxylation is 2. The zero-order valence-corrected chi connectivity index (χ0v) is 14.6.